The summed E-state index contributed by atoms with van der Waals surface area (Å²) in [6, 6.07) is 5.87. The Morgan fingerprint density at radius 1 is 0.885 bits per heavy atom. The number of nitrogens with zero attached hydrogens (tertiary/aromatic N) is 1. The van der Waals surface area contributed by atoms with Gasteiger partial charge in [-0.2, -0.15) is 0 Å². The fourth-order valence-corrected chi connectivity index (χ4v) is 3.31. The van der Waals surface area contributed by atoms with Gasteiger partial charge in [0.25, 0.3) is 0 Å². The molecule has 0 radical (unpaired) electrons. The summed E-state index contributed by atoms with van der Waals surface area (Å²) in [5.74, 6) is -1.28. The number of aromatic hydroxyl groups is 2. The van der Waals surface area contributed by atoms with Crippen LogP contribution in [0.5, 0.6) is 17.2 Å². The molecule has 136 valence electrons. The Morgan fingerprint density at radius 2 is 1.46 bits per heavy atom. The van der Waals surface area contributed by atoms with Crippen molar-refractivity contribution in [3.8, 4) is 17.2 Å². The largest absolute Gasteiger partial charge is 0.507 e. The van der Waals surface area contributed by atoms with Gasteiger partial charge in [0.05, 0.1) is 18.2 Å². The average molecular weight is 355 g/mol. The van der Waals surface area contributed by atoms with Crippen LogP contribution in [0.15, 0.2) is 24.3 Å². The quantitative estimate of drug-likeness (QED) is 0.732. The van der Waals surface area contributed by atoms with Gasteiger partial charge in [0.15, 0.2) is 5.78 Å². The lowest BCUT2D eigenvalue weighted by atomic mass is 9.82. The number of carbonyl (C=O) groups is 2. The minimum atomic E-state index is -0.568. The molecule has 0 spiro atoms. The van der Waals surface area contributed by atoms with Gasteiger partial charge in [-0.15, -0.1) is 0 Å². The van der Waals surface area contributed by atoms with Crippen molar-refractivity contribution in [3.05, 3.63) is 52.1 Å². The maximum Gasteiger partial charge on any atom is 0.201 e. The fourth-order valence-electron chi connectivity index (χ4n) is 3.31. The molecule has 3 rings (SSSR count). The molecule has 0 saturated carbocycles. The molecule has 0 atom stereocenters. The maximum absolute atomic E-state index is 13.0. The van der Waals surface area contributed by atoms with Crippen LogP contribution in [0.3, 0.4) is 0 Å². The van der Waals surface area contributed by atoms with Gasteiger partial charge < -0.3 is 14.9 Å². The van der Waals surface area contributed by atoms with Gasteiger partial charge >= 0.3 is 0 Å². The molecule has 26 heavy (non-hydrogen) atoms. The lowest BCUT2D eigenvalue weighted by molar-refractivity contribution is 0.0973. The van der Waals surface area contributed by atoms with E-state index in [-0.39, 0.29) is 39.5 Å². The first-order chi connectivity index (χ1) is 12.4. The van der Waals surface area contributed by atoms with Gasteiger partial charge in [0.1, 0.15) is 17.2 Å². The second-order valence-corrected chi connectivity index (χ2v) is 6.23. The third-order valence-electron chi connectivity index (χ3n) is 4.75. The third kappa shape index (κ3) is 2.82. The van der Waals surface area contributed by atoms with Crippen LogP contribution in [0.1, 0.15) is 51.3 Å². The summed E-state index contributed by atoms with van der Waals surface area (Å²) in [7, 11) is 1.41. The van der Waals surface area contributed by atoms with Crippen LogP contribution in [-0.4, -0.2) is 46.9 Å². The Kier molecular flexibility index (Phi) is 4.70. The van der Waals surface area contributed by atoms with Crippen molar-refractivity contribution in [2.24, 2.45) is 0 Å². The highest BCUT2D eigenvalue weighted by Crippen LogP contribution is 2.39. The number of phenols is 2. The number of fused-ring (bicyclic) bond motifs is 2. The van der Waals surface area contributed by atoms with Crippen LogP contribution in [0.4, 0.5) is 0 Å². The van der Waals surface area contributed by atoms with E-state index in [4.69, 9.17) is 4.74 Å². The van der Waals surface area contributed by atoms with Crippen LogP contribution in [0.2, 0.25) is 0 Å². The van der Waals surface area contributed by atoms with E-state index in [0.717, 1.165) is 18.7 Å². The Labute approximate surface area is 151 Å². The highest BCUT2D eigenvalue weighted by molar-refractivity contribution is 6.30. The van der Waals surface area contributed by atoms with E-state index in [2.05, 4.69) is 4.90 Å². The number of rotatable bonds is 5. The molecule has 0 unspecified atom stereocenters. The molecule has 0 aliphatic heterocycles. The molecule has 2 aromatic rings. The van der Waals surface area contributed by atoms with E-state index >= 15 is 0 Å². The van der Waals surface area contributed by atoms with Crippen molar-refractivity contribution in [3.63, 3.8) is 0 Å². The molecule has 0 fully saturated rings. The Balaban J connectivity index is 2.15. The van der Waals surface area contributed by atoms with E-state index in [1.807, 2.05) is 13.8 Å². The first kappa shape index (κ1) is 17.9. The molecule has 0 bridgehead atoms. The second kappa shape index (κ2) is 6.80. The topological polar surface area (TPSA) is 87.1 Å². The van der Waals surface area contributed by atoms with E-state index in [0.29, 0.717) is 6.54 Å². The first-order valence-electron chi connectivity index (χ1n) is 8.49. The van der Waals surface area contributed by atoms with E-state index in [1.165, 1.54) is 25.3 Å². The van der Waals surface area contributed by atoms with Crippen molar-refractivity contribution in [2.45, 2.75) is 20.4 Å². The highest BCUT2D eigenvalue weighted by Gasteiger charge is 2.35. The van der Waals surface area contributed by atoms with Crippen molar-refractivity contribution in [1.82, 2.24) is 4.90 Å². The molecule has 1 aliphatic rings. The van der Waals surface area contributed by atoms with Crippen molar-refractivity contribution in [1.29, 1.82) is 0 Å². The third-order valence-corrected chi connectivity index (χ3v) is 4.75. The van der Waals surface area contributed by atoms with Gasteiger partial charge in [-0.05, 0) is 36.9 Å². The molecule has 2 N–H and O–H groups in total. The second-order valence-electron chi connectivity index (χ2n) is 6.23. The fraction of sp³-hybridized carbons (Fsp3) is 0.300. The summed E-state index contributed by atoms with van der Waals surface area (Å²) >= 11 is 0. The van der Waals surface area contributed by atoms with Gasteiger partial charge in [-0.25, -0.2) is 0 Å². The molecule has 0 heterocycles. The Bertz CT molecular complexity index is 900. The Hall–Kier alpha value is -2.86. The van der Waals surface area contributed by atoms with Crippen LogP contribution in [-0.2, 0) is 6.54 Å². The van der Waals surface area contributed by atoms with Crippen molar-refractivity contribution < 1.29 is 24.5 Å². The molecule has 6 heteroatoms. The SMILES string of the molecule is CCN(CC)Cc1cc(O)c2c(c1)C(=O)c1cc(OC)cc(O)c1C2=O. The number of hydrogen-bond acceptors (Lipinski definition) is 6. The smallest absolute Gasteiger partial charge is 0.201 e. The van der Waals surface area contributed by atoms with Gasteiger partial charge in [0, 0.05) is 23.7 Å². The number of carbonyl (C=O) groups excluding carboxylic acids is 2. The highest BCUT2D eigenvalue weighted by atomic mass is 16.5. The number of ether oxygens (including phenoxy) is 1. The van der Waals surface area contributed by atoms with Crippen LogP contribution in [0, 0.1) is 0 Å². The van der Waals surface area contributed by atoms with Crippen LogP contribution in [0.25, 0.3) is 0 Å². The molecule has 2 aromatic carbocycles. The number of benzene rings is 2. The first-order valence-corrected chi connectivity index (χ1v) is 8.49. The van der Waals surface area contributed by atoms with E-state index < -0.39 is 11.6 Å². The molecular formula is C20H21NO5. The van der Waals surface area contributed by atoms with Gasteiger partial charge in [-0.3, -0.25) is 14.5 Å². The summed E-state index contributed by atoms with van der Waals surface area (Å²) in [6.07, 6.45) is 0. The number of ketones is 2. The maximum atomic E-state index is 13.0. The zero-order valence-electron chi connectivity index (χ0n) is 15.0. The minimum Gasteiger partial charge on any atom is -0.507 e. The summed E-state index contributed by atoms with van der Waals surface area (Å²) < 4.78 is 5.08. The lowest BCUT2D eigenvalue weighted by Gasteiger charge is -2.23. The number of phenolic OH excluding ortho intramolecular Hbond substituents is 2. The molecule has 0 amide bonds. The summed E-state index contributed by atoms with van der Waals surface area (Å²) in [4.78, 5) is 27.9. The molecular weight excluding hydrogens is 334 g/mol. The normalized spacial score (nSPS) is 12.9. The number of methoxy groups -OCH3 is 1. The summed E-state index contributed by atoms with van der Waals surface area (Å²) in [5, 5.41) is 20.6. The Morgan fingerprint density at radius 3 is 2.04 bits per heavy atom. The lowest BCUT2D eigenvalue weighted by Crippen LogP contribution is -2.24. The summed E-state index contributed by atoms with van der Waals surface area (Å²) in [6.45, 7) is 6.28. The van der Waals surface area contributed by atoms with Crippen LogP contribution >= 0.6 is 0 Å². The molecule has 0 aromatic heterocycles. The van der Waals surface area contributed by atoms with E-state index in [9.17, 15) is 19.8 Å². The molecule has 1 aliphatic carbocycles. The van der Waals surface area contributed by atoms with Crippen molar-refractivity contribution in [2.75, 3.05) is 20.2 Å². The average Bonchev–Trinajstić information content (AvgIpc) is 2.62. The van der Waals surface area contributed by atoms with Crippen molar-refractivity contribution >= 4 is 11.6 Å². The number of hydrogen-bond donors (Lipinski definition) is 2. The van der Waals surface area contributed by atoms with E-state index in [1.54, 1.807) is 6.07 Å². The van der Waals surface area contributed by atoms with Gasteiger partial charge in [0.2, 0.25) is 5.78 Å². The van der Waals surface area contributed by atoms with Gasteiger partial charge in [-0.1, -0.05) is 13.8 Å². The minimum absolute atomic E-state index is 0.0636. The predicted octanol–water partition coefficient (Wildman–Crippen LogP) is 2.72. The predicted molar refractivity (Wildman–Crippen MR) is 96.3 cm³/mol. The summed E-state index contributed by atoms with van der Waals surface area (Å²) in [5.41, 5.74) is 0.819. The monoisotopic (exact) mass is 355 g/mol. The molecule has 0 saturated heterocycles. The molecule has 6 nitrogen and oxygen atoms in total. The zero-order chi connectivity index (χ0) is 19.0. The standard InChI is InChI=1S/C20H21NO5/c1-4-21(5-2)10-11-6-13-17(15(22)7-11)20(25)18-14(19(13)24)8-12(26-3)9-16(18)23/h6-9,22-23H,4-5,10H2,1-3H3. The van der Waals surface area contributed by atoms with Crippen LogP contribution < -0.4 is 4.74 Å². The zero-order valence-corrected chi connectivity index (χ0v) is 15.0.